The molecule has 0 saturated carbocycles. The van der Waals surface area contributed by atoms with Crippen LogP contribution in [0.15, 0.2) is 68.2 Å². The third-order valence-corrected chi connectivity index (χ3v) is 6.17. The van der Waals surface area contributed by atoms with Crippen molar-refractivity contribution in [1.29, 1.82) is 0 Å². The van der Waals surface area contributed by atoms with Gasteiger partial charge in [-0.15, -0.1) is 0 Å². The van der Waals surface area contributed by atoms with Gasteiger partial charge in [0.2, 0.25) is 11.9 Å². The van der Waals surface area contributed by atoms with Crippen molar-refractivity contribution in [3.8, 4) is 5.75 Å². The van der Waals surface area contributed by atoms with E-state index in [9.17, 15) is 18.0 Å². The topological polar surface area (TPSA) is 152 Å². The number of azo groups is 1. The maximum Gasteiger partial charge on any atom is 0.264 e. The Bertz CT molecular complexity index is 1330. The minimum absolute atomic E-state index is 0.0339. The highest BCUT2D eigenvalue weighted by Crippen LogP contribution is 2.25. The van der Waals surface area contributed by atoms with E-state index in [1.54, 1.807) is 38.1 Å². The second-order valence-electron chi connectivity index (χ2n) is 7.24. The lowest BCUT2D eigenvalue weighted by atomic mass is 10.2. The van der Waals surface area contributed by atoms with E-state index in [0.29, 0.717) is 22.7 Å². The molecule has 3 aromatic rings. The van der Waals surface area contributed by atoms with E-state index in [1.807, 2.05) is 0 Å². The Kier molecular flexibility index (Phi) is 7.41. The SMILES string of the molecule is COc1ccccc1NC(=O)C(N=Nc1ccc(S(=O)(=O)Nc2onc(C)c2C)cc1)C(C)=O. The Morgan fingerprint density at radius 2 is 1.76 bits per heavy atom. The van der Waals surface area contributed by atoms with Crippen LogP contribution < -0.4 is 14.8 Å². The van der Waals surface area contributed by atoms with Crippen LogP contribution in [0.1, 0.15) is 18.2 Å². The number of methoxy groups -OCH3 is 1. The van der Waals surface area contributed by atoms with Gasteiger partial charge in [0.1, 0.15) is 5.75 Å². The molecule has 1 heterocycles. The summed E-state index contributed by atoms with van der Waals surface area (Å²) in [6.45, 7) is 4.60. The molecule has 12 heteroatoms. The second kappa shape index (κ2) is 10.3. The molecule has 0 aliphatic heterocycles. The van der Waals surface area contributed by atoms with E-state index in [-0.39, 0.29) is 16.5 Å². The number of sulfonamides is 1. The number of rotatable bonds is 9. The fraction of sp³-hybridized carbons (Fsp3) is 0.227. The number of hydrogen-bond acceptors (Lipinski definition) is 9. The Labute approximate surface area is 196 Å². The molecule has 1 unspecified atom stereocenters. The third-order valence-electron chi connectivity index (χ3n) is 4.82. The van der Waals surface area contributed by atoms with Gasteiger partial charge < -0.3 is 14.6 Å². The fourth-order valence-corrected chi connectivity index (χ4v) is 3.82. The van der Waals surface area contributed by atoms with Crippen molar-refractivity contribution in [3.63, 3.8) is 0 Å². The van der Waals surface area contributed by atoms with E-state index in [2.05, 4.69) is 25.4 Å². The molecule has 1 atom stereocenters. The predicted octanol–water partition coefficient (Wildman–Crippen LogP) is 3.78. The van der Waals surface area contributed by atoms with Crippen LogP contribution in [0.2, 0.25) is 0 Å². The molecule has 11 nitrogen and oxygen atoms in total. The van der Waals surface area contributed by atoms with Crippen molar-refractivity contribution in [2.75, 3.05) is 17.1 Å². The van der Waals surface area contributed by atoms with Gasteiger partial charge in [0, 0.05) is 5.56 Å². The fourth-order valence-electron chi connectivity index (χ4n) is 2.78. The quantitative estimate of drug-likeness (QED) is 0.345. The van der Waals surface area contributed by atoms with E-state index in [4.69, 9.17) is 9.26 Å². The summed E-state index contributed by atoms with van der Waals surface area (Å²) in [5.41, 5.74) is 1.79. The summed E-state index contributed by atoms with van der Waals surface area (Å²) in [6.07, 6.45) is 0. The number of amides is 1. The van der Waals surface area contributed by atoms with Gasteiger partial charge in [0.25, 0.3) is 15.9 Å². The normalized spacial score (nSPS) is 12.4. The van der Waals surface area contributed by atoms with Crippen molar-refractivity contribution >= 4 is 39.0 Å². The zero-order valence-electron chi connectivity index (χ0n) is 18.9. The summed E-state index contributed by atoms with van der Waals surface area (Å²) in [5.74, 6) is -0.734. The molecule has 178 valence electrons. The van der Waals surface area contributed by atoms with Gasteiger partial charge in [-0.05, 0) is 57.2 Å². The van der Waals surface area contributed by atoms with Crippen molar-refractivity contribution < 1.29 is 27.3 Å². The number of ether oxygens (including phenoxy) is 1. The summed E-state index contributed by atoms with van der Waals surface area (Å²) in [6, 6.07) is 10.8. The molecule has 0 fully saturated rings. The molecule has 0 spiro atoms. The summed E-state index contributed by atoms with van der Waals surface area (Å²) >= 11 is 0. The smallest absolute Gasteiger partial charge is 0.264 e. The molecule has 0 aliphatic rings. The Balaban J connectivity index is 1.73. The maximum atomic E-state index is 12.6. The molecule has 0 saturated heterocycles. The van der Waals surface area contributed by atoms with Crippen LogP contribution in [-0.4, -0.2) is 38.4 Å². The lowest BCUT2D eigenvalue weighted by Gasteiger charge is -2.12. The molecule has 2 aromatic carbocycles. The van der Waals surface area contributed by atoms with Crippen molar-refractivity contribution in [2.45, 2.75) is 31.7 Å². The van der Waals surface area contributed by atoms with Gasteiger partial charge in [0.05, 0.1) is 29.1 Å². The first-order valence-electron chi connectivity index (χ1n) is 10.0. The summed E-state index contributed by atoms with van der Waals surface area (Å²) in [4.78, 5) is 24.5. The highest BCUT2D eigenvalue weighted by atomic mass is 32.2. The Morgan fingerprint density at radius 3 is 2.35 bits per heavy atom. The molecule has 1 aromatic heterocycles. The lowest BCUT2D eigenvalue weighted by molar-refractivity contribution is -0.126. The number of para-hydroxylation sites is 2. The van der Waals surface area contributed by atoms with Gasteiger partial charge in [0.15, 0.2) is 5.78 Å². The molecule has 0 bridgehead atoms. The largest absolute Gasteiger partial charge is 0.495 e. The second-order valence-corrected chi connectivity index (χ2v) is 8.92. The Morgan fingerprint density at radius 1 is 1.09 bits per heavy atom. The molecular formula is C22H23N5O6S. The average molecular weight is 486 g/mol. The zero-order chi connectivity index (χ0) is 24.9. The van der Waals surface area contributed by atoms with Crippen LogP contribution in [0.3, 0.4) is 0 Å². The number of carbonyl (C=O) groups is 2. The van der Waals surface area contributed by atoms with Gasteiger partial charge >= 0.3 is 0 Å². The van der Waals surface area contributed by atoms with E-state index in [1.165, 1.54) is 38.3 Å². The van der Waals surface area contributed by atoms with Crippen LogP contribution in [0.25, 0.3) is 0 Å². The zero-order valence-corrected chi connectivity index (χ0v) is 19.7. The van der Waals surface area contributed by atoms with Crippen LogP contribution >= 0.6 is 0 Å². The standard InChI is InChI=1S/C22H23N5O6S/c1-13-14(2)26-33-22(13)27-34(30,31)17-11-9-16(10-12-17)24-25-20(15(3)28)21(29)23-18-7-5-6-8-19(18)32-4/h5-12,20,27H,1-4H3,(H,23,29). The number of nitrogens with zero attached hydrogens (tertiary/aromatic N) is 3. The molecular weight excluding hydrogens is 462 g/mol. The Hall–Kier alpha value is -4.06. The highest BCUT2D eigenvalue weighted by Gasteiger charge is 2.24. The van der Waals surface area contributed by atoms with Crippen LogP contribution in [0.4, 0.5) is 17.3 Å². The minimum Gasteiger partial charge on any atom is -0.495 e. The number of benzene rings is 2. The van der Waals surface area contributed by atoms with Gasteiger partial charge in [-0.25, -0.2) is 13.1 Å². The number of anilines is 2. The number of aromatic nitrogens is 1. The van der Waals surface area contributed by atoms with Crippen LogP contribution in [-0.2, 0) is 19.6 Å². The summed E-state index contributed by atoms with van der Waals surface area (Å²) in [5, 5.41) is 14.1. The lowest BCUT2D eigenvalue weighted by Crippen LogP contribution is -2.31. The molecule has 34 heavy (non-hydrogen) atoms. The van der Waals surface area contributed by atoms with Crippen molar-refractivity contribution in [1.82, 2.24) is 5.16 Å². The molecule has 2 N–H and O–H groups in total. The number of carbonyl (C=O) groups excluding carboxylic acids is 2. The van der Waals surface area contributed by atoms with E-state index >= 15 is 0 Å². The summed E-state index contributed by atoms with van der Waals surface area (Å²) in [7, 11) is -2.47. The number of ketones is 1. The predicted molar refractivity (Wildman–Crippen MR) is 124 cm³/mol. The average Bonchev–Trinajstić information content (AvgIpc) is 3.11. The maximum absolute atomic E-state index is 12.6. The van der Waals surface area contributed by atoms with Gasteiger partial charge in [-0.2, -0.15) is 10.2 Å². The summed E-state index contributed by atoms with van der Waals surface area (Å²) < 4.78 is 37.7. The van der Waals surface area contributed by atoms with Gasteiger partial charge in [-0.3, -0.25) is 9.59 Å². The molecule has 0 radical (unpaired) electrons. The van der Waals surface area contributed by atoms with Crippen molar-refractivity contribution in [3.05, 3.63) is 59.8 Å². The number of hydrogen-bond donors (Lipinski definition) is 2. The first kappa shape index (κ1) is 24.6. The molecule has 3 rings (SSSR count). The van der Waals surface area contributed by atoms with Gasteiger partial charge in [-0.1, -0.05) is 17.3 Å². The number of nitrogens with one attached hydrogen (secondary N) is 2. The van der Waals surface area contributed by atoms with Crippen LogP contribution in [0, 0.1) is 13.8 Å². The minimum atomic E-state index is -3.92. The van der Waals surface area contributed by atoms with E-state index in [0.717, 1.165) is 0 Å². The van der Waals surface area contributed by atoms with Crippen molar-refractivity contribution in [2.24, 2.45) is 10.2 Å². The molecule has 0 aliphatic carbocycles. The van der Waals surface area contributed by atoms with E-state index < -0.39 is 27.8 Å². The number of Topliss-reactive ketones (excluding diaryl/α,β-unsaturated/α-hetero) is 1. The first-order chi connectivity index (χ1) is 16.1. The molecule has 1 amide bonds. The monoisotopic (exact) mass is 485 g/mol. The number of aryl methyl sites for hydroxylation is 1. The highest BCUT2D eigenvalue weighted by molar-refractivity contribution is 7.92. The van der Waals surface area contributed by atoms with Crippen LogP contribution in [0.5, 0.6) is 5.75 Å². The third kappa shape index (κ3) is 5.64. The first-order valence-corrected chi connectivity index (χ1v) is 11.5.